The molecule has 0 unspecified atom stereocenters. The summed E-state index contributed by atoms with van der Waals surface area (Å²) < 4.78 is 30.7. The van der Waals surface area contributed by atoms with Crippen molar-refractivity contribution < 1.29 is 22.9 Å². The van der Waals surface area contributed by atoms with E-state index in [4.69, 9.17) is 10.5 Å². The lowest BCUT2D eigenvalue weighted by Gasteiger charge is -2.23. The van der Waals surface area contributed by atoms with Gasteiger partial charge in [0.2, 0.25) is 0 Å². The highest BCUT2D eigenvalue weighted by Crippen LogP contribution is 2.32. The SMILES string of the molecule is NC(=O)[C@@H]1CN(c2ccc(C3CCS(=O)CC3)c(F)c2)C(=O)O1. The summed E-state index contributed by atoms with van der Waals surface area (Å²) in [6.07, 6.45) is -0.343. The smallest absolute Gasteiger partial charge is 0.415 e. The molecule has 2 saturated heterocycles. The summed E-state index contributed by atoms with van der Waals surface area (Å²) in [5, 5.41) is 0. The minimum atomic E-state index is -1.02. The van der Waals surface area contributed by atoms with Crippen molar-refractivity contribution in [1.82, 2.24) is 0 Å². The number of primary amides is 1. The van der Waals surface area contributed by atoms with Crippen LogP contribution in [-0.2, 0) is 20.3 Å². The predicted octanol–water partition coefficient (Wildman–Crippen LogP) is 1.26. The number of ether oxygens (including phenoxy) is 1. The first-order chi connectivity index (χ1) is 11.0. The highest BCUT2D eigenvalue weighted by atomic mass is 32.2. The van der Waals surface area contributed by atoms with Gasteiger partial charge in [0.25, 0.3) is 5.91 Å². The molecule has 2 aliphatic heterocycles. The molecule has 2 aliphatic rings. The maximum absolute atomic E-state index is 14.4. The Labute approximate surface area is 135 Å². The largest absolute Gasteiger partial charge is 0.434 e. The molecule has 23 heavy (non-hydrogen) atoms. The number of cyclic esters (lactones) is 1. The van der Waals surface area contributed by atoms with Crippen LogP contribution in [0.2, 0.25) is 0 Å². The number of hydrogen-bond donors (Lipinski definition) is 1. The molecule has 2 fully saturated rings. The molecule has 1 aromatic carbocycles. The van der Waals surface area contributed by atoms with Crippen LogP contribution in [0.5, 0.6) is 0 Å². The molecule has 2 amide bonds. The Bertz CT molecular complexity index is 671. The summed E-state index contributed by atoms with van der Waals surface area (Å²) in [7, 11) is -0.797. The van der Waals surface area contributed by atoms with Gasteiger partial charge in [-0.25, -0.2) is 9.18 Å². The van der Waals surface area contributed by atoms with Crippen LogP contribution in [0.1, 0.15) is 24.3 Å². The van der Waals surface area contributed by atoms with Crippen LogP contribution < -0.4 is 10.6 Å². The summed E-state index contributed by atoms with van der Waals surface area (Å²) in [6.45, 7) is -0.0185. The van der Waals surface area contributed by atoms with E-state index in [1.54, 1.807) is 12.1 Å². The quantitative estimate of drug-likeness (QED) is 0.897. The van der Waals surface area contributed by atoms with E-state index in [2.05, 4.69) is 0 Å². The normalized spacial score (nSPS) is 27.8. The van der Waals surface area contributed by atoms with Gasteiger partial charge in [-0.1, -0.05) is 6.07 Å². The van der Waals surface area contributed by atoms with Crippen molar-refractivity contribution in [3.05, 3.63) is 29.6 Å². The fourth-order valence-corrected chi connectivity index (χ4v) is 4.24. The molecule has 2 N–H and O–H groups in total. The lowest BCUT2D eigenvalue weighted by molar-refractivity contribution is -0.124. The lowest BCUT2D eigenvalue weighted by atomic mass is 9.93. The lowest BCUT2D eigenvalue weighted by Crippen LogP contribution is -2.32. The molecule has 0 spiro atoms. The highest BCUT2D eigenvalue weighted by Gasteiger charge is 2.36. The van der Waals surface area contributed by atoms with Crippen molar-refractivity contribution in [2.45, 2.75) is 24.9 Å². The molecule has 2 heterocycles. The van der Waals surface area contributed by atoms with Gasteiger partial charge in [-0.2, -0.15) is 0 Å². The van der Waals surface area contributed by atoms with Crippen LogP contribution in [0, 0.1) is 5.82 Å². The summed E-state index contributed by atoms with van der Waals surface area (Å²) >= 11 is 0. The van der Waals surface area contributed by atoms with Gasteiger partial charge in [-0.3, -0.25) is 13.9 Å². The molecule has 124 valence electrons. The van der Waals surface area contributed by atoms with Crippen LogP contribution in [0.25, 0.3) is 0 Å². The van der Waals surface area contributed by atoms with E-state index in [9.17, 15) is 18.2 Å². The third kappa shape index (κ3) is 3.21. The fraction of sp³-hybridized carbons (Fsp3) is 0.467. The van der Waals surface area contributed by atoms with E-state index in [-0.39, 0.29) is 12.5 Å². The fourth-order valence-electron chi connectivity index (χ4n) is 2.94. The molecule has 0 aromatic heterocycles. The van der Waals surface area contributed by atoms with Crippen LogP contribution in [0.3, 0.4) is 0 Å². The highest BCUT2D eigenvalue weighted by molar-refractivity contribution is 7.85. The molecule has 0 radical (unpaired) electrons. The second kappa shape index (κ2) is 6.27. The van der Waals surface area contributed by atoms with E-state index < -0.39 is 34.7 Å². The summed E-state index contributed by atoms with van der Waals surface area (Å²) in [4.78, 5) is 24.1. The molecular weight excluding hydrogens is 323 g/mol. The average molecular weight is 340 g/mol. The first-order valence-corrected chi connectivity index (χ1v) is 8.86. The predicted molar refractivity (Wildman–Crippen MR) is 83.1 cm³/mol. The zero-order valence-electron chi connectivity index (χ0n) is 12.4. The van der Waals surface area contributed by atoms with Crippen LogP contribution in [0.15, 0.2) is 18.2 Å². The topological polar surface area (TPSA) is 89.7 Å². The van der Waals surface area contributed by atoms with Gasteiger partial charge in [-0.15, -0.1) is 0 Å². The van der Waals surface area contributed by atoms with Crippen molar-refractivity contribution >= 4 is 28.5 Å². The number of carbonyl (C=O) groups excluding carboxylic acids is 2. The minimum Gasteiger partial charge on any atom is -0.434 e. The van der Waals surface area contributed by atoms with Gasteiger partial charge in [0.15, 0.2) is 6.10 Å². The molecule has 0 saturated carbocycles. The Morgan fingerprint density at radius 2 is 2.04 bits per heavy atom. The number of halogens is 1. The summed E-state index contributed by atoms with van der Waals surface area (Å²) in [5.74, 6) is 0.0872. The Balaban J connectivity index is 1.78. The van der Waals surface area contributed by atoms with Crippen molar-refractivity contribution in [2.24, 2.45) is 5.73 Å². The van der Waals surface area contributed by atoms with Gasteiger partial charge in [0.1, 0.15) is 5.82 Å². The standard InChI is InChI=1S/C15H17FN2O4S/c16-12-7-10(18-8-13(14(17)19)22-15(18)20)1-2-11(12)9-3-5-23(21)6-4-9/h1-2,7,9,13H,3-6,8H2,(H2,17,19)/t9?,13-,23?/m0/s1. The van der Waals surface area contributed by atoms with Gasteiger partial charge in [0.05, 0.1) is 12.2 Å². The molecule has 0 aliphatic carbocycles. The molecule has 6 nitrogen and oxygen atoms in total. The van der Waals surface area contributed by atoms with Gasteiger partial charge >= 0.3 is 6.09 Å². The molecule has 3 rings (SSSR count). The number of rotatable bonds is 3. The van der Waals surface area contributed by atoms with Crippen LogP contribution >= 0.6 is 0 Å². The van der Waals surface area contributed by atoms with E-state index in [1.807, 2.05) is 0 Å². The number of nitrogens with two attached hydrogens (primary N) is 1. The molecule has 1 atom stereocenters. The van der Waals surface area contributed by atoms with E-state index in [1.165, 1.54) is 11.0 Å². The number of benzene rings is 1. The maximum atomic E-state index is 14.4. The zero-order valence-corrected chi connectivity index (χ0v) is 13.2. The minimum absolute atomic E-state index is 0.0185. The summed E-state index contributed by atoms with van der Waals surface area (Å²) in [6, 6.07) is 4.55. The monoisotopic (exact) mass is 340 g/mol. The number of nitrogens with zero attached hydrogens (tertiary/aromatic N) is 1. The van der Waals surface area contributed by atoms with E-state index in [0.29, 0.717) is 35.6 Å². The third-order valence-corrected chi connectivity index (χ3v) is 5.63. The van der Waals surface area contributed by atoms with Gasteiger partial charge in [-0.05, 0) is 36.5 Å². The molecule has 0 bridgehead atoms. The zero-order chi connectivity index (χ0) is 16.6. The second-order valence-electron chi connectivity index (χ2n) is 5.71. The first-order valence-electron chi connectivity index (χ1n) is 7.37. The van der Waals surface area contributed by atoms with Crippen LogP contribution in [-0.4, -0.2) is 40.4 Å². The summed E-state index contributed by atoms with van der Waals surface area (Å²) in [5.41, 5.74) is 6.03. The second-order valence-corrected chi connectivity index (χ2v) is 7.41. The number of anilines is 1. The number of carbonyl (C=O) groups is 2. The van der Waals surface area contributed by atoms with Crippen molar-refractivity contribution in [1.29, 1.82) is 0 Å². The number of hydrogen-bond acceptors (Lipinski definition) is 4. The van der Waals surface area contributed by atoms with Gasteiger partial charge in [0, 0.05) is 22.3 Å². The van der Waals surface area contributed by atoms with Crippen LogP contribution in [0.4, 0.5) is 14.9 Å². The molecule has 1 aromatic rings. The molecule has 8 heteroatoms. The van der Waals surface area contributed by atoms with Crippen molar-refractivity contribution in [3.63, 3.8) is 0 Å². The Morgan fingerprint density at radius 3 is 2.61 bits per heavy atom. The first kappa shape index (κ1) is 15.9. The maximum Gasteiger partial charge on any atom is 0.415 e. The Kier molecular flexibility index (Phi) is 4.34. The average Bonchev–Trinajstić information content (AvgIpc) is 2.90. The van der Waals surface area contributed by atoms with E-state index in [0.717, 1.165) is 0 Å². The van der Waals surface area contributed by atoms with Crippen molar-refractivity contribution in [3.8, 4) is 0 Å². The van der Waals surface area contributed by atoms with E-state index >= 15 is 0 Å². The van der Waals surface area contributed by atoms with Crippen molar-refractivity contribution in [2.75, 3.05) is 23.0 Å². The third-order valence-electron chi connectivity index (χ3n) is 4.25. The Morgan fingerprint density at radius 1 is 1.35 bits per heavy atom. The molecular formula is C15H17FN2O4S. The van der Waals surface area contributed by atoms with Gasteiger partial charge < -0.3 is 10.5 Å². The number of amides is 2. The Hall–Kier alpha value is -1.96.